The Morgan fingerprint density at radius 2 is 1.95 bits per heavy atom. The average Bonchev–Trinajstić information content (AvgIpc) is 3.01. The number of methoxy groups -OCH3 is 1. The summed E-state index contributed by atoms with van der Waals surface area (Å²) in [6.45, 7) is 5.17. The normalized spacial score (nSPS) is 14.9. The Labute approximate surface area is 143 Å². The molecule has 0 bridgehead atoms. The third-order valence-electron chi connectivity index (χ3n) is 3.74. The number of benzene rings is 1. The summed E-state index contributed by atoms with van der Waals surface area (Å²) in [5, 5.41) is 0. The van der Waals surface area contributed by atoms with Crippen LogP contribution in [0.3, 0.4) is 0 Å². The molecule has 2 aromatic rings. The summed E-state index contributed by atoms with van der Waals surface area (Å²) in [7, 11) is 1.71. The molecule has 0 amide bonds. The van der Waals surface area contributed by atoms with Gasteiger partial charge in [-0.05, 0) is 12.1 Å². The van der Waals surface area contributed by atoms with Crippen molar-refractivity contribution in [2.45, 2.75) is 6.54 Å². The van der Waals surface area contributed by atoms with Crippen molar-refractivity contribution in [2.75, 3.05) is 38.2 Å². The number of aromatic nitrogens is 2. The summed E-state index contributed by atoms with van der Waals surface area (Å²) in [6, 6.07) is 8.28. The molecular formula is C15H22Cl2N4O. The zero-order valence-corrected chi connectivity index (χ0v) is 14.2. The molecule has 7 heteroatoms. The van der Waals surface area contributed by atoms with E-state index in [4.69, 9.17) is 4.74 Å². The number of hydrogen-bond acceptors (Lipinski definition) is 4. The van der Waals surface area contributed by atoms with Crippen molar-refractivity contribution in [2.24, 2.45) is 0 Å². The Morgan fingerprint density at radius 1 is 1.18 bits per heavy atom. The number of H-pyrrole nitrogens is 1. The van der Waals surface area contributed by atoms with E-state index in [-0.39, 0.29) is 24.8 Å². The van der Waals surface area contributed by atoms with Crippen molar-refractivity contribution in [3.63, 3.8) is 0 Å². The lowest BCUT2D eigenvalue weighted by molar-refractivity contribution is 0.247. The first kappa shape index (κ1) is 18.6. The van der Waals surface area contributed by atoms with Crippen LogP contribution in [0.2, 0.25) is 0 Å². The molecule has 2 heterocycles. The van der Waals surface area contributed by atoms with Crippen LogP contribution in [-0.4, -0.2) is 48.2 Å². The van der Waals surface area contributed by atoms with E-state index in [9.17, 15) is 0 Å². The van der Waals surface area contributed by atoms with Gasteiger partial charge in [-0.2, -0.15) is 0 Å². The Morgan fingerprint density at radius 3 is 2.59 bits per heavy atom. The van der Waals surface area contributed by atoms with E-state index < -0.39 is 0 Å². The molecule has 122 valence electrons. The maximum absolute atomic E-state index is 5.29. The Kier molecular flexibility index (Phi) is 7.51. The largest absolute Gasteiger partial charge is 0.497 e. The summed E-state index contributed by atoms with van der Waals surface area (Å²) in [4.78, 5) is 12.1. The Balaban J connectivity index is 0.00000121. The van der Waals surface area contributed by atoms with Crippen LogP contribution in [0, 0.1) is 0 Å². The quantitative estimate of drug-likeness (QED) is 0.925. The molecule has 1 fully saturated rings. The standard InChI is InChI=1S/C15H20N4O.2ClH/c1-20-15-4-2-3-14(9-15)19-7-5-18(6-8-19)11-13-10-16-12-17-13;;/h2-4,9-10,12H,5-8,11H2,1H3,(H,16,17);2*1H. The number of rotatable bonds is 4. The van der Waals surface area contributed by atoms with Gasteiger partial charge in [-0.15, -0.1) is 24.8 Å². The number of aromatic amines is 1. The maximum atomic E-state index is 5.29. The van der Waals surface area contributed by atoms with Gasteiger partial charge < -0.3 is 14.6 Å². The number of piperazine rings is 1. The third kappa shape index (κ3) is 4.53. The fourth-order valence-electron chi connectivity index (χ4n) is 2.58. The summed E-state index contributed by atoms with van der Waals surface area (Å²) < 4.78 is 5.29. The van der Waals surface area contributed by atoms with Gasteiger partial charge in [0.2, 0.25) is 0 Å². The summed E-state index contributed by atoms with van der Waals surface area (Å²) in [5.74, 6) is 0.919. The van der Waals surface area contributed by atoms with Gasteiger partial charge in [0.15, 0.2) is 0 Å². The number of nitrogens with one attached hydrogen (secondary N) is 1. The molecule has 22 heavy (non-hydrogen) atoms. The van der Waals surface area contributed by atoms with E-state index >= 15 is 0 Å². The molecule has 0 radical (unpaired) electrons. The fraction of sp³-hybridized carbons (Fsp3) is 0.400. The smallest absolute Gasteiger partial charge is 0.120 e. The predicted octanol–water partition coefficient (Wildman–Crippen LogP) is 2.58. The number of nitrogens with zero attached hydrogens (tertiary/aromatic N) is 3. The number of imidazole rings is 1. The van der Waals surface area contributed by atoms with E-state index in [1.807, 2.05) is 18.3 Å². The highest BCUT2D eigenvalue weighted by atomic mass is 35.5. The first-order chi connectivity index (χ1) is 9.85. The molecule has 0 atom stereocenters. The van der Waals surface area contributed by atoms with Crippen molar-refractivity contribution in [3.8, 4) is 5.75 Å². The van der Waals surface area contributed by atoms with E-state index in [1.165, 1.54) is 11.4 Å². The summed E-state index contributed by atoms with van der Waals surface area (Å²) in [5.41, 5.74) is 2.42. The van der Waals surface area contributed by atoms with Gasteiger partial charge in [-0.3, -0.25) is 4.90 Å². The van der Waals surface area contributed by atoms with Gasteiger partial charge in [0.05, 0.1) is 13.4 Å². The molecule has 1 aromatic carbocycles. The molecule has 1 N–H and O–H groups in total. The van der Waals surface area contributed by atoms with Crippen LogP contribution < -0.4 is 9.64 Å². The molecule has 0 aliphatic carbocycles. The molecule has 1 aliphatic rings. The first-order valence-corrected chi connectivity index (χ1v) is 6.94. The minimum atomic E-state index is 0. The van der Waals surface area contributed by atoms with Gasteiger partial charge in [0, 0.05) is 56.4 Å². The number of ether oxygens (including phenoxy) is 1. The van der Waals surface area contributed by atoms with Crippen LogP contribution in [0.15, 0.2) is 36.8 Å². The van der Waals surface area contributed by atoms with Crippen molar-refractivity contribution in [3.05, 3.63) is 42.5 Å². The Hall–Kier alpha value is -1.43. The zero-order chi connectivity index (χ0) is 13.8. The molecule has 3 rings (SSSR count). The van der Waals surface area contributed by atoms with E-state index in [0.29, 0.717) is 0 Å². The van der Waals surface area contributed by atoms with E-state index in [1.54, 1.807) is 13.4 Å². The number of halogens is 2. The van der Waals surface area contributed by atoms with Crippen molar-refractivity contribution in [1.29, 1.82) is 0 Å². The fourth-order valence-corrected chi connectivity index (χ4v) is 2.58. The highest BCUT2D eigenvalue weighted by molar-refractivity contribution is 5.85. The molecular weight excluding hydrogens is 323 g/mol. The molecule has 0 unspecified atom stereocenters. The second kappa shape index (κ2) is 8.88. The SMILES string of the molecule is COc1cccc(N2CCN(Cc3cnc[nH]3)CC2)c1.Cl.Cl. The molecule has 0 spiro atoms. The van der Waals surface area contributed by atoms with Gasteiger partial charge >= 0.3 is 0 Å². The average molecular weight is 345 g/mol. The lowest BCUT2D eigenvalue weighted by Gasteiger charge is -2.35. The third-order valence-corrected chi connectivity index (χ3v) is 3.74. The highest BCUT2D eigenvalue weighted by Gasteiger charge is 2.17. The summed E-state index contributed by atoms with van der Waals surface area (Å²) in [6.07, 6.45) is 3.64. The van der Waals surface area contributed by atoms with Gasteiger partial charge in [0.1, 0.15) is 5.75 Å². The second-order valence-electron chi connectivity index (χ2n) is 5.04. The van der Waals surface area contributed by atoms with Crippen LogP contribution in [0.25, 0.3) is 0 Å². The van der Waals surface area contributed by atoms with Gasteiger partial charge in [-0.25, -0.2) is 4.98 Å². The molecule has 1 saturated heterocycles. The van der Waals surface area contributed by atoms with Gasteiger partial charge in [-0.1, -0.05) is 6.07 Å². The number of anilines is 1. The van der Waals surface area contributed by atoms with Crippen molar-refractivity contribution < 1.29 is 4.74 Å². The monoisotopic (exact) mass is 344 g/mol. The predicted molar refractivity (Wildman–Crippen MR) is 93.6 cm³/mol. The van der Waals surface area contributed by atoms with Crippen molar-refractivity contribution >= 4 is 30.5 Å². The van der Waals surface area contributed by atoms with E-state index in [2.05, 4.69) is 31.9 Å². The first-order valence-electron chi connectivity index (χ1n) is 6.94. The minimum Gasteiger partial charge on any atom is -0.497 e. The highest BCUT2D eigenvalue weighted by Crippen LogP contribution is 2.22. The van der Waals surface area contributed by atoms with Gasteiger partial charge in [0.25, 0.3) is 0 Å². The Bertz CT molecular complexity index is 542. The van der Waals surface area contributed by atoms with Crippen LogP contribution in [0.4, 0.5) is 5.69 Å². The van der Waals surface area contributed by atoms with Crippen LogP contribution in [-0.2, 0) is 6.54 Å². The molecule has 5 nitrogen and oxygen atoms in total. The van der Waals surface area contributed by atoms with Crippen LogP contribution >= 0.6 is 24.8 Å². The zero-order valence-electron chi connectivity index (χ0n) is 12.6. The molecule has 0 saturated carbocycles. The van der Waals surface area contributed by atoms with Crippen molar-refractivity contribution in [1.82, 2.24) is 14.9 Å². The number of hydrogen-bond donors (Lipinski definition) is 1. The second-order valence-corrected chi connectivity index (χ2v) is 5.04. The van der Waals surface area contributed by atoms with Crippen LogP contribution in [0.1, 0.15) is 5.69 Å². The maximum Gasteiger partial charge on any atom is 0.120 e. The van der Waals surface area contributed by atoms with E-state index in [0.717, 1.165) is 38.5 Å². The molecule has 1 aliphatic heterocycles. The lowest BCUT2D eigenvalue weighted by atomic mass is 10.2. The van der Waals surface area contributed by atoms with Crippen LogP contribution in [0.5, 0.6) is 5.75 Å². The topological polar surface area (TPSA) is 44.4 Å². The summed E-state index contributed by atoms with van der Waals surface area (Å²) >= 11 is 0. The molecule has 1 aromatic heterocycles. The lowest BCUT2D eigenvalue weighted by Crippen LogP contribution is -2.46. The minimum absolute atomic E-state index is 0.